The van der Waals surface area contributed by atoms with E-state index in [-0.39, 0.29) is 24.1 Å². The van der Waals surface area contributed by atoms with Crippen LogP contribution < -0.4 is 16.6 Å². The van der Waals surface area contributed by atoms with Crippen LogP contribution in [-0.2, 0) is 11.3 Å². The third-order valence-electron chi connectivity index (χ3n) is 3.04. The van der Waals surface area contributed by atoms with Crippen LogP contribution in [0, 0.1) is 6.92 Å². The molecule has 0 aromatic carbocycles. The molecule has 5 heteroatoms. The Morgan fingerprint density at radius 3 is 2.61 bits per heavy atom. The first-order valence-electron chi connectivity index (χ1n) is 6.23. The second-order valence-corrected chi connectivity index (χ2v) is 4.46. The molecular weight excluding hydrogens is 230 g/mol. The van der Waals surface area contributed by atoms with E-state index in [0.717, 1.165) is 18.4 Å². The summed E-state index contributed by atoms with van der Waals surface area (Å²) in [6.07, 6.45) is 3.28. The molecule has 0 spiro atoms. The molecule has 100 valence electrons. The Bertz CT molecular complexity index is 476. The molecule has 0 atom stereocenters. The summed E-state index contributed by atoms with van der Waals surface area (Å²) >= 11 is 0. The Labute approximate surface area is 107 Å². The number of carbonyl (C=O) groups is 1. The monoisotopic (exact) mass is 251 g/mol. The number of hydrogen-bond donors (Lipinski definition) is 2. The fourth-order valence-corrected chi connectivity index (χ4v) is 1.73. The number of pyridine rings is 1. The predicted molar refractivity (Wildman–Crippen MR) is 72.4 cm³/mol. The van der Waals surface area contributed by atoms with E-state index in [4.69, 9.17) is 5.73 Å². The molecule has 0 fully saturated rings. The number of aromatic nitrogens is 1. The van der Waals surface area contributed by atoms with Crippen LogP contribution in [0.3, 0.4) is 0 Å². The van der Waals surface area contributed by atoms with Gasteiger partial charge in [-0.25, -0.2) is 0 Å². The van der Waals surface area contributed by atoms with Crippen molar-refractivity contribution in [3.63, 3.8) is 0 Å². The van der Waals surface area contributed by atoms with E-state index in [0.29, 0.717) is 5.69 Å². The highest BCUT2D eigenvalue weighted by Crippen LogP contribution is 2.05. The van der Waals surface area contributed by atoms with Crippen molar-refractivity contribution in [3.8, 4) is 0 Å². The van der Waals surface area contributed by atoms with Gasteiger partial charge in [-0.05, 0) is 25.3 Å². The van der Waals surface area contributed by atoms with Gasteiger partial charge in [0.15, 0.2) is 0 Å². The number of nitrogen functional groups attached to an aromatic ring is 1. The fraction of sp³-hybridized carbons (Fsp3) is 0.538. The van der Waals surface area contributed by atoms with E-state index in [2.05, 4.69) is 5.32 Å². The lowest BCUT2D eigenvalue weighted by Gasteiger charge is -2.15. The van der Waals surface area contributed by atoms with E-state index in [1.54, 1.807) is 6.92 Å². The van der Waals surface area contributed by atoms with Gasteiger partial charge < -0.3 is 15.6 Å². The minimum atomic E-state index is -0.207. The summed E-state index contributed by atoms with van der Waals surface area (Å²) < 4.78 is 1.33. The maximum Gasteiger partial charge on any atom is 0.251 e. The van der Waals surface area contributed by atoms with Crippen molar-refractivity contribution in [2.24, 2.45) is 0 Å². The second-order valence-electron chi connectivity index (χ2n) is 4.46. The van der Waals surface area contributed by atoms with Crippen molar-refractivity contribution < 1.29 is 4.79 Å². The molecule has 0 radical (unpaired) electrons. The predicted octanol–water partition coefficient (Wildman–Crippen LogP) is 1.04. The van der Waals surface area contributed by atoms with Gasteiger partial charge in [0.05, 0.1) is 5.69 Å². The number of aryl methyl sites for hydroxylation is 1. The number of nitrogens with one attached hydrogen (secondary N) is 1. The lowest BCUT2D eigenvalue weighted by atomic mass is 10.2. The normalized spacial score (nSPS) is 10.7. The molecule has 0 aliphatic carbocycles. The average Bonchev–Trinajstić information content (AvgIpc) is 2.33. The van der Waals surface area contributed by atoms with Gasteiger partial charge in [-0.15, -0.1) is 0 Å². The molecule has 1 aromatic heterocycles. The van der Waals surface area contributed by atoms with Gasteiger partial charge in [0, 0.05) is 18.3 Å². The minimum absolute atomic E-state index is 0.0137. The van der Waals surface area contributed by atoms with Gasteiger partial charge in [0.1, 0.15) is 6.54 Å². The SMILES string of the molecule is CCC(CC)NC(=O)Cn1cc(N)c(C)cc1=O. The fourth-order valence-electron chi connectivity index (χ4n) is 1.73. The molecule has 0 bridgehead atoms. The molecule has 0 saturated heterocycles. The molecule has 1 amide bonds. The van der Waals surface area contributed by atoms with Gasteiger partial charge in [-0.1, -0.05) is 13.8 Å². The Morgan fingerprint density at radius 2 is 2.06 bits per heavy atom. The zero-order valence-electron chi connectivity index (χ0n) is 11.2. The summed E-state index contributed by atoms with van der Waals surface area (Å²) in [5, 5.41) is 2.89. The number of rotatable bonds is 5. The van der Waals surface area contributed by atoms with Crippen molar-refractivity contribution in [1.29, 1.82) is 0 Å². The molecule has 0 unspecified atom stereocenters. The zero-order chi connectivity index (χ0) is 13.7. The standard InChI is InChI=1S/C13H21N3O2/c1-4-10(5-2)15-12(17)8-16-7-11(14)9(3)6-13(16)18/h6-7,10H,4-5,8,14H2,1-3H3,(H,15,17). The molecule has 18 heavy (non-hydrogen) atoms. The van der Waals surface area contributed by atoms with Gasteiger partial charge in [0.2, 0.25) is 5.91 Å². The topological polar surface area (TPSA) is 77.1 Å². The van der Waals surface area contributed by atoms with Gasteiger partial charge in [0.25, 0.3) is 5.56 Å². The van der Waals surface area contributed by atoms with Crippen molar-refractivity contribution in [3.05, 3.63) is 28.2 Å². The Kier molecular flexibility index (Phi) is 4.95. The van der Waals surface area contributed by atoms with Crippen LogP contribution in [0.5, 0.6) is 0 Å². The van der Waals surface area contributed by atoms with Crippen molar-refractivity contribution in [2.45, 2.75) is 46.2 Å². The number of nitrogens with zero attached hydrogens (tertiary/aromatic N) is 1. The van der Waals surface area contributed by atoms with Crippen LogP contribution in [0.4, 0.5) is 5.69 Å². The van der Waals surface area contributed by atoms with E-state index in [1.165, 1.54) is 16.8 Å². The Morgan fingerprint density at radius 1 is 1.44 bits per heavy atom. The van der Waals surface area contributed by atoms with Crippen molar-refractivity contribution in [1.82, 2.24) is 9.88 Å². The van der Waals surface area contributed by atoms with E-state index < -0.39 is 0 Å². The number of amides is 1. The highest BCUT2D eigenvalue weighted by atomic mass is 16.2. The molecule has 1 aromatic rings. The van der Waals surface area contributed by atoms with E-state index >= 15 is 0 Å². The number of anilines is 1. The van der Waals surface area contributed by atoms with Crippen LogP contribution >= 0.6 is 0 Å². The maximum absolute atomic E-state index is 11.8. The summed E-state index contributed by atoms with van der Waals surface area (Å²) in [7, 11) is 0. The third kappa shape index (κ3) is 3.61. The summed E-state index contributed by atoms with van der Waals surface area (Å²) in [5.74, 6) is -0.158. The third-order valence-corrected chi connectivity index (χ3v) is 3.04. The smallest absolute Gasteiger partial charge is 0.251 e. The van der Waals surface area contributed by atoms with Crippen molar-refractivity contribution in [2.75, 3.05) is 5.73 Å². The zero-order valence-corrected chi connectivity index (χ0v) is 11.2. The van der Waals surface area contributed by atoms with Crippen LogP contribution in [0.1, 0.15) is 32.3 Å². The molecule has 1 heterocycles. The maximum atomic E-state index is 11.8. The van der Waals surface area contributed by atoms with E-state index in [1.807, 2.05) is 13.8 Å². The minimum Gasteiger partial charge on any atom is -0.397 e. The van der Waals surface area contributed by atoms with Gasteiger partial charge in [-0.2, -0.15) is 0 Å². The Balaban J connectivity index is 2.76. The summed E-state index contributed by atoms with van der Waals surface area (Å²) in [6, 6.07) is 1.61. The highest BCUT2D eigenvalue weighted by molar-refractivity contribution is 5.76. The summed E-state index contributed by atoms with van der Waals surface area (Å²) in [6.45, 7) is 5.82. The molecule has 0 saturated carbocycles. The van der Waals surface area contributed by atoms with Gasteiger partial charge in [-0.3, -0.25) is 9.59 Å². The van der Waals surface area contributed by atoms with Gasteiger partial charge >= 0.3 is 0 Å². The van der Waals surface area contributed by atoms with Crippen molar-refractivity contribution >= 4 is 11.6 Å². The molecule has 1 rings (SSSR count). The highest BCUT2D eigenvalue weighted by Gasteiger charge is 2.10. The van der Waals surface area contributed by atoms with E-state index in [9.17, 15) is 9.59 Å². The number of carbonyl (C=O) groups excluding carboxylic acids is 1. The Hall–Kier alpha value is -1.78. The quantitative estimate of drug-likeness (QED) is 0.821. The lowest BCUT2D eigenvalue weighted by Crippen LogP contribution is -2.38. The first kappa shape index (κ1) is 14.3. The van der Waals surface area contributed by atoms with Crippen LogP contribution in [-0.4, -0.2) is 16.5 Å². The largest absolute Gasteiger partial charge is 0.397 e. The molecule has 5 nitrogen and oxygen atoms in total. The average molecular weight is 251 g/mol. The summed E-state index contributed by atoms with van der Waals surface area (Å²) in [4.78, 5) is 23.5. The number of hydrogen-bond acceptors (Lipinski definition) is 3. The molecule has 3 N–H and O–H groups in total. The summed E-state index contributed by atoms with van der Waals surface area (Å²) in [5.41, 5.74) is 6.77. The first-order chi connectivity index (χ1) is 8.47. The van der Waals surface area contributed by atoms with Crippen LogP contribution in [0.2, 0.25) is 0 Å². The molecule has 0 aliphatic heterocycles. The molecular formula is C13H21N3O2. The molecule has 0 aliphatic rings. The first-order valence-corrected chi connectivity index (χ1v) is 6.23. The second kappa shape index (κ2) is 6.23. The lowest BCUT2D eigenvalue weighted by molar-refractivity contribution is -0.122. The van der Waals surface area contributed by atoms with Crippen LogP contribution in [0.15, 0.2) is 17.1 Å². The number of nitrogens with two attached hydrogens (primary N) is 1. The van der Waals surface area contributed by atoms with Crippen LogP contribution in [0.25, 0.3) is 0 Å².